The average Bonchev–Trinajstić information content (AvgIpc) is 2.65. The summed E-state index contributed by atoms with van der Waals surface area (Å²) in [7, 11) is 1.63. The Bertz CT molecular complexity index is 479. The second kappa shape index (κ2) is 4.06. The summed E-state index contributed by atoms with van der Waals surface area (Å²) in [4.78, 5) is 4.17. The number of hydrogen-bond acceptors (Lipinski definition) is 3. The van der Waals surface area contributed by atoms with E-state index in [0.717, 1.165) is 21.5 Å². The van der Waals surface area contributed by atoms with Crippen LogP contribution in [0.1, 0.15) is 5.76 Å². The molecule has 0 bridgehead atoms. The molecule has 0 radical (unpaired) electrons. The van der Waals surface area contributed by atoms with Crippen molar-refractivity contribution in [2.75, 3.05) is 7.11 Å². The van der Waals surface area contributed by atoms with Crippen LogP contribution in [0.15, 0.2) is 33.3 Å². The van der Waals surface area contributed by atoms with Crippen LogP contribution in [0, 0.1) is 6.92 Å². The summed E-state index contributed by atoms with van der Waals surface area (Å²) in [5, 5.41) is 0. The molecule has 2 rings (SSSR count). The van der Waals surface area contributed by atoms with Gasteiger partial charge in [-0.15, -0.1) is 0 Å². The largest absolute Gasteiger partial charge is 0.496 e. The molecule has 1 heterocycles. The number of rotatable bonds is 2. The molecular formula is C11H10BrNO2. The van der Waals surface area contributed by atoms with Gasteiger partial charge in [-0.3, -0.25) is 0 Å². The van der Waals surface area contributed by atoms with Gasteiger partial charge in [0.15, 0.2) is 0 Å². The van der Waals surface area contributed by atoms with E-state index in [1.54, 1.807) is 13.3 Å². The van der Waals surface area contributed by atoms with Crippen LogP contribution in [-0.4, -0.2) is 12.1 Å². The fourth-order valence-corrected chi connectivity index (χ4v) is 1.69. The van der Waals surface area contributed by atoms with Crippen LogP contribution in [0.5, 0.6) is 5.75 Å². The molecule has 0 unspecified atom stereocenters. The highest BCUT2D eigenvalue weighted by Crippen LogP contribution is 2.31. The van der Waals surface area contributed by atoms with Gasteiger partial charge in [0, 0.05) is 4.47 Å². The normalized spacial score (nSPS) is 10.3. The van der Waals surface area contributed by atoms with Gasteiger partial charge in [-0.2, -0.15) is 0 Å². The summed E-state index contributed by atoms with van der Waals surface area (Å²) in [5.74, 6) is 2.11. The van der Waals surface area contributed by atoms with Crippen LogP contribution in [-0.2, 0) is 0 Å². The maximum atomic E-state index is 5.46. The van der Waals surface area contributed by atoms with Gasteiger partial charge < -0.3 is 9.15 Å². The number of nitrogens with zero attached hydrogens (tertiary/aromatic N) is 1. The van der Waals surface area contributed by atoms with Crippen LogP contribution >= 0.6 is 15.9 Å². The summed E-state index contributed by atoms with van der Waals surface area (Å²) in [6.45, 7) is 1.86. The van der Waals surface area contributed by atoms with Gasteiger partial charge in [0.05, 0.1) is 18.9 Å². The van der Waals surface area contributed by atoms with E-state index in [4.69, 9.17) is 9.15 Å². The lowest BCUT2D eigenvalue weighted by Crippen LogP contribution is -1.87. The van der Waals surface area contributed by atoms with Crippen LogP contribution < -0.4 is 4.74 Å². The van der Waals surface area contributed by atoms with Crippen molar-refractivity contribution >= 4 is 15.9 Å². The minimum atomic E-state index is 0.575. The van der Waals surface area contributed by atoms with E-state index in [2.05, 4.69) is 20.9 Å². The Kier molecular flexibility index (Phi) is 2.77. The predicted octanol–water partition coefficient (Wildman–Crippen LogP) is 3.42. The molecule has 0 spiro atoms. The van der Waals surface area contributed by atoms with Gasteiger partial charge >= 0.3 is 0 Å². The average molecular weight is 268 g/mol. The lowest BCUT2D eigenvalue weighted by molar-refractivity contribution is 0.414. The van der Waals surface area contributed by atoms with Crippen molar-refractivity contribution in [2.45, 2.75) is 6.92 Å². The zero-order chi connectivity index (χ0) is 10.8. The number of halogens is 1. The fraction of sp³-hybridized carbons (Fsp3) is 0.182. The van der Waals surface area contributed by atoms with E-state index < -0.39 is 0 Å². The third-order valence-electron chi connectivity index (χ3n) is 2.01. The molecule has 0 saturated carbocycles. The molecule has 0 amide bonds. The third kappa shape index (κ3) is 2.04. The first-order valence-corrected chi connectivity index (χ1v) is 5.26. The number of methoxy groups -OCH3 is 1. The van der Waals surface area contributed by atoms with Crippen molar-refractivity contribution in [2.24, 2.45) is 0 Å². The standard InChI is InChI=1S/C11H10BrNO2/c1-7-6-13-11(15-7)9-5-8(12)3-4-10(9)14-2/h3-6H,1-2H3. The topological polar surface area (TPSA) is 35.3 Å². The van der Waals surface area contributed by atoms with E-state index >= 15 is 0 Å². The van der Waals surface area contributed by atoms with Gasteiger partial charge in [0.25, 0.3) is 0 Å². The molecular weight excluding hydrogens is 258 g/mol. The van der Waals surface area contributed by atoms with Crippen molar-refractivity contribution in [3.8, 4) is 17.2 Å². The second-order valence-corrected chi connectivity index (χ2v) is 4.04. The number of oxazole rings is 1. The van der Waals surface area contributed by atoms with E-state index in [-0.39, 0.29) is 0 Å². The summed E-state index contributed by atoms with van der Waals surface area (Å²) in [6, 6.07) is 5.71. The lowest BCUT2D eigenvalue weighted by atomic mass is 10.2. The molecule has 1 aromatic heterocycles. The van der Waals surface area contributed by atoms with E-state index in [1.807, 2.05) is 25.1 Å². The minimum absolute atomic E-state index is 0.575. The Morgan fingerprint density at radius 2 is 2.20 bits per heavy atom. The van der Waals surface area contributed by atoms with Crippen LogP contribution in [0.25, 0.3) is 11.5 Å². The van der Waals surface area contributed by atoms with Crippen molar-refractivity contribution in [1.82, 2.24) is 4.98 Å². The van der Waals surface area contributed by atoms with Gasteiger partial charge in [0.2, 0.25) is 5.89 Å². The van der Waals surface area contributed by atoms with Crippen LogP contribution in [0.3, 0.4) is 0 Å². The minimum Gasteiger partial charge on any atom is -0.496 e. The maximum absolute atomic E-state index is 5.46. The number of aromatic nitrogens is 1. The molecule has 0 saturated heterocycles. The number of aryl methyl sites for hydroxylation is 1. The van der Waals surface area contributed by atoms with Gasteiger partial charge in [-0.25, -0.2) is 4.98 Å². The first-order valence-electron chi connectivity index (χ1n) is 4.47. The highest BCUT2D eigenvalue weighted by molar-refractivity contribution is 9.10. The molecule has 1 aromatic carbocycles. The number of benzene rings is 1. The first kappa shape index (κ1) is 10.2. The summed E-state index contributed by atoms with van der Waals surface area (Å²) in [5.41, 5.74) is 0.847. The third-order valence-corrected chi connectivity index (χ3v) is 2.51. The Morgan fingerprint density at radius 3 is 2.80 bits per heavy atom. The molecule has 0 aliphatic heterocycles. The van der Waals surface area contributed by atoms with Crippen molar-refractivity contribution in [3.05, 3.63) is 34.6 Å². The zero-order valence-electron chi connectivity index (χ0n) is 8.45. The van der Waals surface area contributed by atoms with E-state index in [0.29, 0.717) is 5.89 Å². The van der Waals surface area contributed by atoms with Gasteiger partial charge in [-0.05, 0) is 25.1 Å². The molecule has 0 aliphatic carbocycles. The van der Waals surface area contributed by atoms with Crippen molar-refractivity contribution < 1.29 is 9.15 Å². The molecule has 78 valence electrons. The Labute approximate surface area is 96.2 Å². The Morgan fingerprint density at radius 1 is 1.40 bits per heavy atom. The Balaban J connectivity index is 2.55. The molecule has 0 fully saturated rings. The summed E-state index contributed by atoms with van der Waals surface area (Å²) < 4.78 is 11.7. The smallest absolute Gasteiger partial charge is 0.230 e. The molecule has 2 aromatic rings. The van der Waals surface area contributed by atoms with E-state index in [9.17, 15) is 0 Å². The monoisotopic (exact) mass is 267 g/mol. The summed E-state index contributed by atoms with van der Waals surface area (Å²) in [6.07, 6.45) is 1.69. The maximum Gasteiger partial charge on any atom is 0.230 e. The predicted molar refractivity (Wildman–Crippen MR) is 60.9 cm³/mol. The second-order valence-electron chi connectivity index (χ2n) is 3.12. The Hall–Kier alpha value is -1.29. The van der Waals surface area contributed by atoms with Gasteiger partial charge in [0.1, 0.15) is 11.5 Å². The van der Waals surface area contributed by atoms with E-state index in [1.165, 1.54) is 0 Å². The van der Waals surface area contributed by atoms with Crippen molar-refractivity contribution in [3.63, 3.8) is 0 Å². The van der Waals surface area contributed by atoms with Crippen LogP contribution in [0.4, 0.5) is 0 Å². The molecule has 0 atom stereocenters. The molecule has 0 aliphatic rings. The van der Waals surface area contributed by atoms with Crippen molar-refractivity contribution in [1.29, 1.82) is 0 Å². The van der Waals surface area contributed by atoms with Crippen LogP contribution in [0.2, 0.25) is 0 Å². The molecule has 3 nitrogen and oxygen atoms in total. The molecule has 15 heavy (non-hydrogen) atoms. The zero-order valence-corrected chi connectivity index (χ0v) is 10.0. The molecule has 4 heteroatoms. The summed E-state index contributed by atoms with van der Waals surface area (Å²) >= 11 is 3.40. The molecule has 0 N–H and O–H groups in total. The highest BCUT2D eigenvalue weighted by atomic mass is 79.9. The number of ether oxygens (including phenoxy) is 1. The first-order chi connectivity index (χ1) is 7.20. The van der Waals surface area contributed by atoms with Gasteiger partial charge in [-0.1, -0.05) is 15.9 Å². The lowest BCUT2D eigenvalue weighted by Gasteiger charge is -2.05. The SMILES string of the molecule is COc1ccc(Br)cc1-c1ncc(C)o1. The fourth-order valence-electron chi connectivity index (χ4n) is 1.33. The quantitative estimate of drug-likeness (QED) is 0.837. The highest BCUT2D eigenvalue weighted by Gasteiger charge is 2.11. The number of hydrogen-bond donors (Lipinski definition) is 0.